The van der Waals surface area contributed by atoms with Crippen LogP contribution in [0.3, 0.4) is 0 Å². The molecule has 154 valence electrons. The number of benzene rings is 1. The predicted octanol–water partition coefficient (Wildman–Crippen LogP) is 3.48. The smallest absolute Gasteiger partial charge is 0.323 e. The molecule has 0 amide bonds. The highest BCUT2D eigenvalue weighted by Crippen LogP contribution is 2.35. The molecular weight excluding hydrogens is 378 g/mol. The summed E-state index contributed by atoms with van der Waals surface area (Å²) >= 11 is 0. The predicted molar refractivity (Wildman–Crippen MR) is 115 cm³/mol. The van der Waals surface area contributed by atoms with Gasteiger partial charge in [-0.3, -0.25) is 9.59 Å². The van der Waals surface area contributed by atoms with Gasteiger partial charge in [0.1, 0.15) is 12.1 Å². The van der Waals surface area contributed by atoms with E-state index in [1.807, 2.05) is 44.2 Å². The van der Waals surface area contributed by atoms with Crippen molar-refractivity contribution in [2.24, 2.45) is 0 Å². The van der Waals surface area contributed by atoms with E-state index in [0.717, 1.165) is 52.8 Å². The monoisotopic (exact) mass is 403 g/mol. The van der Waals surface area contributed by atoms with Gasteiger partial charge in [-0.25, -0.2) is 4.98 Å². The van der Waals surface area contributed by atoms with Gasteiger partial charge in [0, 0.05) is 22.1 Å². The van der Waals surface area contributed by atoms with Gasteiger partial charge in [-0.2, -0.15) is 0 Å². The summed E-state index contributed by atoms with van der Waals surface area (Å²) in [5.41, 5.74) is 4.96. The number of ether oxygens (including phenoxy) is 1. The number of pyridine rings is 2. The molecule has 2 aliphatic heterocycles. The summed E-state index contributed by atoms with van der Waals surface area (Å²) in [7, 11) is 0. The lowest BCUT2D eigenvalue weighted by atomic mass is 10.0. The third-order valence-electron chi connectivity index (χ3n) is 6.28. The molecule has 1 aromatic carbocycles. The van der Waals surface area contributed by atoms with Gasteiger partial charge in [-0.1, -0.05) is 25.1 Å². The van der Waals surface area contributed by atoms with Crippen LogP contribution in [0.4, 0.5) is 0 Å². The number of carbonyl (C=O) groups excluding carboxylic acids is 1. The summed E-state index contributed by atoms with van der Waals surface area (Å²) in [6.07, 6.45) is 1.95. The Morgan fingerprint density at radius 2 is 2.17 bits per heavy atom. The summed E-state index contributed by atoms with van der Waals surface area (Å²) in [6.45, 7) is 5.16. The van der Waals surface area contributed by atoms with E-state index in [0.29, 0.717) is 18.5 Å². The average Bonchev–Trinajstić information content (AvgIpc) is 3.41. The van der Waals surface area contributed by atoms with Crippen LogP contribution in [0, 0.1) is 6.92 Å². The van der Waals surface area contributed by atoms with Crippen molar-refractivity contribution in [2.45, 2.75) is 51.8 Å². The van der Waals surface area contributed by atoms with Crippen LogP contribution in [-0.2, 0) is 16.1 Å². The number of fused-ring (bicyclic) bond motifs is 4. The Hall–Kier alpha value is -2.99. The molecule has 5 rings (SSSR count). The van der Waals surface area contributed by atoms with E-state index in [-0.39, 0.29) is 17.6 Å². The van der Waals surface area contributed by atoms with Crippen molar-refractivity contribution < 1.29 is 9.53 Å². The van der Waals surface area contributed by atoms with Gasteiger partial charge in [0.25, 0.3) is 5.56 Å². The Bertz CT molecular complexity index is 1210. The van der Waals surface area contributed by atoms with Crippen LogP contribution in [0.1, 0.15) is 49.0 Å². The molecule has 1 saturated heterocycles. The third-order valence-corrected chi connectivity index (χ3v) is 6.28. The zero-order chi connectivity index (χ0) is 20.8. The molecule has 6 heteroatoms. The van der Waals surface area contributed by atoms with Crippen molar-refractivity contribution in [1.82, 2.24) is 14.9 Å². The van der Waals surface area contributed by atoms with E-state index in [2.05, 4.69) is 11.4 Å². The van der Waals surface area contributed by atoms with Crippen LogP contribution in [0.5, 0.6) is 0 Å². The molecule has 1 N–H and O–H groups in total. The third kappa shape index (κ3) is 3.03. The van der Waals surface area contributed by atoms with Crippen LogP contribution in [0.2, 0.25) is 0 Å². The number of nitrogens with zero attached hydrogens (tertiary/aromatic N) is 2. The van der Waals surface area contributed by atoms with Gasteiger partial charge in [-0.05, 0) is 50.9 Å². The Morgan fingerprint density at radius 3 is 2.93 bits per heavy atom. The maximum Gasteiger partial charge on any atom is 0.323 e. The minimum atomic E-state index is -0.442. The van der Waals surface area contributed by atoms with Crippen LogP contribution in [0.15, 0.2) is 41.2 Å². The first-order valence-corrected chi connectivity index (χ1v) is 10.6. The minimum absolute atomic E-state index is 0.0435. The summed E-state index contributed by atoms with van der Waals surface area (Å²) in [6, 6.07) is 11.8. The quantitative estimate of drug-likeness (QED) is 0.528. The topological polar surface area (TPSA) is 73.2 Å². The fourth-order valence-corrected chi connectivity index (χ4v) is 4.60. The van der Waals surface area contributed by atoms with Gasteiger partial charge in [-0.15, -0.1) is 0 Å². The van der Waals surface area contributed by atoms with Crippen molar-refractivity contribution in [3.8, 4) is 11.4 Å². The van der Waals surface area contributed by atoms with Crippen molar-refractivity contribution >= 4 is 16.9 Å². The molecule has 0 bridgehead atoms. The largest absolute Gasteiger partial charge is 0.456 e. The zero-order valence-corrected chi connectivity index (χ0v) is 17.3. The second kappa shape index (κ2) is 7.36. The molecule has 3 aromatic rings. The molecule has 2 atom stereocenters. The Labute approximate surface area is 174 Å². The van der Waals surface area contributed by atoms with E-state index >= 15 is 0 Å². The lowest BCUT2D eigenvalue weighted by molar-refractivity contribution is -0.151. The Kier molecular flexibility index (Phi) is 4.66. The molecule has 1 fully saturated rings. The second-order valence-electron chi connectivity index (χ2n) is 8.17. The first-order valence-electron chi connectivity index (χ1n) is 10.6. The zero-order valence-electron chi connectivity index (χ0n) is 17.3. The molecule has 2 aromatic heterocycles. The van der Waals surface area contributed by atoms with E-state index < -0.39 is 6.10 Å². The number of rotatable bonds is 4. The van der Waals surface area contributed by atoms with Crippen LogP contribution < -0.4 is 10.9 Å². The van der Waals surface area contributed by atoms with Crippen LogP contribution in [-0.4, -0.2) is 28.1 Å². The number of esters is 1. The molecule has 0 spiro atoms. The number of hydrogen-bond acceptors (Lipinski definition) is 5. The molecule has 0 radical (unpaired) electrons. The van der Waals surface area contributed by atoms with Gasteiger partial charge >= 0.3 is 5.97 Å². The number of para-hydroxylation sites is 1. The lowest BCUT2D eigenvalue weighted by Crippen LogP contribution is -2.33. The van der Waals surface area contributed by atoms with Crippen molar-refractivity contribution in [2.75, 3.05) is 6.54 Å². The number of carbonyl (C=O) groups is 1. The SMILES string of the molecule is CCC(OC(=O)C1CCCN1)c1cc2n(c(=O)c1C)Cc1cc3ccccc3nc1-2. The molecule has 4 heterocycles. The molecule has 0 saturated carbocycles. The fraction of sp³-hybridized carbons (Fsp3) is 0.375. The maximum absolute atomic E-state index is 13.2. The second-order valence-corrected chi connectivity index (χ2v) is 8.17. The van der Waals surface area contributed by atoms with E-state index in [9.17, 15) is 9.59 Å². The van der Waals surface area contributed by atoms with E-state index in [1.54, 1.807) is 4.57 Å². The Morgan fingerprint density at radius 1 is 1.33 bits per heavy atom. The summed E-state index contributed by atoms with van der Waals surface area (Å²) in [5, 5.41) is 4.25. The number of nitrogens with one attached hydrogen (secondary N) is 1. The van der Waals surface area contributed by atoms with Crippen molar-refractivity contribution in [1.29, 1.82) is 0 Å². The average molecular weight is 403 g/mol. The van der Waals surface area contributed by atoms with Gasteiger partial charge in [0.05, 0.1) is 23.4 Å². The van der Waals surface area contributed by atoms with E-state index in [1.165, 1.54) is 0 Å². The highest BCUT2D eigenvalue weighted by molar-refractivity contribution is 5.84. The summed E-state index contributed by atoms with van der Waals surface area (Å²) < 4.78 is 7.63. The number of aromatic nitrogens is 2. The minimum Gasteiger partial charge on any atom is -0.456 e. The molecule has 30 heavy (non-hydrogen) atoms. The normalized spacial score (nSPS) is 18.3. The Balaban J connectivity index is 1.57. The number of hydrogen-bond donors (Lipinski definition) is 1. The summed E-state index contributed by atoms with van der Waals surface area (Å²) in [4.78, 5) is 30.6. The first kappa shape index (κ1) is 19.0. The maximum atomic E-state index is 13.2. The first-order chi connectivity index (χ1) is 14.6. The molecule has 2 unspecified atom stereocenters. The van der Waals surface area contributed by atoms with E-state index in [4.69, 9.17) is 9.72 Å². The van der Waals surface area contributed by atoms with Crippen LogP contribution in [0.25, 0.3) is 22.3 Å². The molecule has 2 aliphatic rings. The van der Waals surface area contributed by atoms with Gasteiger partial charge in [0.2, 0.25) is 0 Å². The van der Waals surface area contributed by atoms with Gasteiger partial charge < -0.3 is 14.6 Å². The highest BCUT2D eigenvalue weighted by Gasteiger charge is 2.30. The summed E-state index contributed by atoms with van der Waals surface area (Å²) in [5.74, 6) is -0.233. The van der Waals surface area contributed by atoms with Crippen LogP contribution >= 0.6 is 0 Å². The van der Waals surface area contributed by atoms with Gasteiger partial charge in [0.15, 0.2) is 0 Å². The van der Waals surface area contributed by atoms with Crippen molar-refractivity contribution in [3.05, 3.63) is 63.4 Å². The fourth-order valence-electron chi connectivity index (χ4n) is 4.60. The highest BCUT2D eigenvalue weighted by atomic mass is 16.5. The lowest BCUT2D eigenvalue weighted by Gasteiger charge is -2.21. The van der Waals surface area contributed by atoms with Crippen molar-refractivity contribution in [3.63, 3.8) is 0 Å². The molecular formula is C24H25N3O3. The molecule has 0 aliphatic carbocycles. The standard InChI is InChI=1S/C24H25N3O3/c1-3-21(30-24(29)19-9-6-10-25-19)17-12-20-22-16(13-27(20)23(28)14(17)2)11-15-7-4-5-8-18(15)26-22/h4-5,7-8,11-12,19,21,25H,3,6,9-10,13H2,1-2H3. The molecule has 6 nitrogen and oxygen atoms in total.